The van der Waals surface area contributed by atoms with Crippen molar-refractivity contribution in [2.45, 2.75) is 45.4 Å². The van der Waals surface area contributed by atoms with Gasteiger partial charge in [0, 0.05) is 51.2 Å². The molecule has 1 heterocycles. The molecule has 1 saturated heterocycles. The van der Waals surface area contributed by atoms with Crippen LogP contribution in [0.15, 0.2) is 35.3 Å². The van der Waals surface area contributed by atoms with E-state index in [9.17, 15) is 0 Å². The van der Waals surface area contributed by atoms with Crippen LogP contribution < -0.4 is 10.6 Å². The zero-order valence-electron chi connectivity index (χ0n) is 18.8. The summed E-state index contributed by atoms with van der Waals surface area (Å²) in [7, 11) is 0. The van der Waals surface area contributed by atoms with Gasteiger partial charge in [0.2, 0.25) is 0 Å². The number of hydrogen-bond acceptors (Lipinski definition) is 3. The molecule has 5 heteroatoms. The Balaban J connectivity index is 1.49. The van der Waals surface area contributed by atoms with Gasteiger partial charge in [0.25, 0.3) is 0 Å². The average molecular weight is 400 g/mol. The van der Waals surface area contributed by atoms with E-state index in [1.807, 2.05) is 0 Å². The zero-order valence-corrected chi connectivity index (χ0v) is 18.8. The van der Waals surface area contributed by atoms with Crippen LogP contribution in [-0.4, -0.2) is 74.7 Å². The van der Waals surface area contributed by atoms with E-state index in [4.69, 9.17) is 4.99 Å². The molecule has 0 aromatic heterocycles. The van der Waals surface area contributed by atoms with Crippen molar-refractivity contribution in [3.63, 3.8) is 0 Å². The lowest BCUT2D eigenvalue weighted by Crippen LogP contribution is -2.48. The summed E-state index contributed by atoms with van der Waals surface area (Å²) in [4.78, 5) is 10.2. The van der Waals surface area contributed by atoms with Crippen molar-refractivity contribution >= 4 is 5.96 Å². The van der Waals surface area contributed by atoms with E-state index in [1.165, 1.54) is 57.5 Å². The predicted octanol–water partition coefficient (Wildman–Crippen LogP) is 2.94. The zero-order chi connectivity index (χ0) is 20.5. The molecule has 1 aromatic carbocycles. The molecule has 0 radical (unpaired) electrons. The molecule has 1 aliphatic heterocycles. The third kappa shape index (κ3) is 6.19. The molecule has 2 N–H and O–H groups in total. The number of rotatable bonds is 9. The topological polar surface area (TPSA) is 42.9 Å². The molecule has 1 atom stereocenters. The maximum Gasteiger partial charge on any atom is 0.191 e. The van der Waals surface area contributed by atoms with Crippen LogP contribution in [0, 0.1) is 5.92 Å². The molecule has 162 valence electrons. The first-order valence-electron chi connectivity index (χ1n) is 11.7. The van der Waals surface area contributed by atoms with Crippen molar-refractivity contribution < 1.29 is 0 Å². The molecule has 1 aromatic rings. The van der Waals surface area contributed by atoms with Gasteiger partial charge in [-0.3, -0.25) is 4.99 Å². The Kier molecular flexibility index (Phi) is 8.37. The predicted molar refractivity (Wildman–Crippen MR) is 124 cm³/mol. The number of piperazine rings is 1. The molecule has 5 nitrogen and oxygen atoms in total. The van der Waals surface area contributed by atoms with Crippen LogP contribution in [0.2, 0.25) is 0 Å². The van der Waals surface area contributed by atoms with Gasteiger partial charge in [0.1, 0.15) is 0 Å². The number of nitrogens with one attached hydrogen (secondary N) is 2. The Morgan fingerprint density at radius 1 is 1.03 bits per heavy atom. The summed E-state index contributed by atoms with van der Waals surface area (Å²) in [5.41, 5.74) is 1.69. The summed E-state index contributed by atoms with van der Waals surface area (Å²) < 4.78 is 0. The highest BCUT2D eigenvalue weighted by molar-refractivity contribution is 5.79. The Morgan fingerprint density at radius 2 is 1.72 bits per heavy atom. The number of benzene rings is 1. The molecular weight excluding hydrogens is 358 g/mol. The van der Waals surface area contributed by atoms with Gasteiger partial charge < -0.3 is 20.4 Å². The van der Waals surface area contributed by atoms with Crippen molar-refractivity contribution in [3.05, 3.63) is 35.9 Å². The smallest absolute Gasteiger partial charge is 0.191 e. The van der Waals surface area contributed by atoms with Crippen molar-refractivity contribution in [1.82, 2.24) is 20.4 Å². The van der Waals surface area contributed by atoms with Crippen molar-refractivity contribution in [2.24, 2.45) is 10.9 Å². The van der Waals surface area contributed by atoms with Gasteiger partial charge >= 0.3 is 0 Å². The second kappa shape index (κ2) is 11.0. The molecular formula is C24H41N5. The Labute approximate surface area is 178 Å². The van der Waals surface area contributed by atoms with Gasteiger partial charge in [-0.1, -0.05) is 50.6 Å². The summed E-state index contributed by atoms with van der Waals surface area (Å²) in [6, 6.07) is 11.0. The minimum absolute atomic E-state index is 0.244. The van der Waals surface area contributed by atoms with Crippen LogP contribution in [0.5, 0.6) is 0 Å². The fourth-order valence-corrected chi connectivity index (χ4v) is 4.57. The average Bonchev–Trinajstić information content (AvgIpc) is 2.72. The van der Waals surface area contributed by atoms with Crippen LogP contribution in [0.1, 0.15) is 45.6 Å². The summed E-state index contributed by atoms with van der Waals surface area (Å²) in [5.74, 6) is 1.58. The standard InChI is InChI=1S/C24H41N5/c1-4-25-23(26-18-21(3)19-29-16-14-28(5-2)15-17-29)27-20-24(12-9-13-24)22-10-7-6-8-11-22/h6-8,10-11,21H,4-5,9,12-20H2,1-3H3,(H2,25,26,27). The van der Waals surface area contributed by atoms with Crippen LogP contribution >= 0.6 is 0 Å². The highest BCUT2D eigenvalue weighted by atomic mass is 15.3. The molecule has 1 saturated carbocycles. The largest absolute Gasteiger partial charge is 0.357 e. The van der Waals surface area contributed by atoms with Crippen molar-refractivity contribution in [2.75, 3.05) is 58.9 Å². The maximum atomic E-state index is 5.00. The highest BCUT2D eigenvalue weighted by Crippen LogP contribution is 2.43. The number of guanidine groups is 1. The quantitative estimate of drug-likeness (QED) is 0.495. The molecule has 29 heavy (non-hydrogen) atoms. The fraction of sp³-hybridized carbons (Fsp3) is 0.708. The third-order valence-corrected chi connectivity index (χ3v) is 6.68. The van der Waals surface area contributed by atoms with Gasteiger partial charge in [-0.2, -0.15) is 0 Å². The van der Waals surface area contributed by atoms with E-state index in [0.29, 0.717) is 5.92 Å². The van der Waals surface area contributed by atoms with Gasteiger partial charge in [0.15, 0.2) is 5.96 Å². The Morgan fingerprint density at radius 3 is 2.31 bits per heavy atom. The first kappa shape index (κ1) is 22.1. The van der Waals surface area contributed by atoms with Gasteiger partial charge in [0.05, 0.1) is 6.54 Å². The van der Waals surface area contributed by atoms with Crippen LogP contribution in [-0.2, 0) is 5.41 Å². The van der Waals surface area contributed by atoms with E-state index in [-0.39, 0.29) is 5.41 Å². The highest BCUT2D eigenvalue weighted by Gasteiger charge is 2.38. The summed E-state index contributed by atoms with van der Waals surface area (Å²) in [6.07, 6.45) is 3.82. The number of aliphatic imine (C=N–C) groups is 1. The molecule has 0 amide bonds. The molecule has 0 spiro atoms. The first-order valence-corrected chi connectivity index (χ1v) is 11.7. The fourth-order valence-electron chi connectivity index (χ4n) is 4.57. The van der Waals surface area contributed by atoms with Gasteiger partial charge in [-0.25, -0.2) is 0 Å². The molecule has 0 bridgehead atoms. The minimum Gasteiger partial charge on any atom is -0.357 e. The summed E-state index contributed by atoms with van der Waals surface area (Å²) in [5, 5.41) is 7.05. The molecule has 2 aliphatic rings. The normalized spacial score (nSPS) is 21.4. The molecule has 2 fully saturated rings. The lowest BCUT2D eigenvalue weighted by atomic mass is 9.64. The number of nitrogens with zero attached hydrogens (tertiary/aromatic N) is 3. The molecule has 3 rings (SSSR count). The molecule has 1 aliphatic carbocycles. The van der Waals surface area contributed by atoms with Crippen LogP contribution in [0.4, 0.5) is 0 Å². The van der Waals surface area contributed by atoms with E-state index in [0.717, 1.165) is 32.1 Å². The second-order valence-corrected chi connectivity index (χ2v) is 8.92. The maximum absolute atomic E-state index is 5.00. The van der Waals surface area contributed by atoms with E-state index >= 15 is 0 Å². The first-order chi connectivity index (χ1) is 14.1. The SMILES string of the molecule is CCNC(=NCC1(c2ccccc2)CCC1)NCC(C)CN1CCN(CC)CC1. The Hall–Kier alpha value is -1.59. The summed E-state index contributed by atoms with van der Waals surface area (Å²) in [6.45, 7) is 16.7. The van der Waals surface area contributed by atoms with E-state index in [2.05, 4.69) is 71.5 Å². The van der Waals surface area contributed by atoms with E-state index < -0.39 is 0 Å². The second-order valence-electron chi connectivity index (χ2n) is 8.92. The van der Waals surface area contributed by atoms with Crippen molar-refractivity contribution in [3.8, 4) is 0 Å². The number of hydrogen-bond donors (Lipinski definition) is 2. The summed E-state index contributed by atoms with van der Waals surface area (Å²) >= 11 is 0. The molecule has 1 unspecified atom stereocenters. The lowest BCUT2D eigenvalue weighted by molar-refractivity contribution is 0.124. The Bertz CT molecular complexity index is 617. The van der Waals surface area contributed by atoms with E-state index in [1.54, 1.807) is 0 Å². The third-order valence-electron chi connectivity index (χ3n) is 6.68. The van der Waals surface area contributed by atoms with Gasteiger partial charge in [-0.05, 0) is 37.8 Å². The minimum atomic E-state index is 0.244. The lowest BCUT2D eigenvalue weighted by Gasteiger charge is -2.41. The van der Waals surface area contributed by atoms with Crippen LogP contribution in [0.25, 0.3) is 0 Å². The van der Waals surface area contributed by atoms with Gasteiger partial charge in [-0.15, -0.1) is 0 Å². The van der Waals surface area contributed by atoms with Crippen LogP contribution in [0.3, 0.4) is 0 Å². The number of likely N-dealkylation sites (N-methyl/N-ethyl adjacent to an activating group) is 1. The monoisotopic (exact) mass is 399 g/mol. The van der Waals surface area contributed by atoms with Crippen molar-refractivity contribution in [1.29, 1.82) is 0 Å².